The Bertz CT molecular complexity index is 717. The van der Waals surface area contributed by atoms with Crippen molar-refractivity contribution in [2.75, 3.05) is 40.3 Å². The number of unbranched alkanes of at least 4 members (excludes halogenated alkanes) is 46. The van der Waals surface area contributed by atoms with Gasteiger partial charge < -0.3 is 9.80 Å². The first-order chi connectivity index (χ1) is 29.1. The predicted octanol–water partition coefficient (Wildman–Crippen LogP) is 19.8. The molecule has 0 spiro atoms. The van der Waals surface area contributed by atoms with Crippen molar-refractivity contribution in [2.45, 2.75) is 328 Å². The molecule has 0 bridgehead atoms. The van der Waals surface area contributed by atoms with Gasteiger partial charge in [0.05, 0.1) is 27.2 Å². The molecule has 0 heterocycles. The molecule has 0 aromatic heterocycles. The maximum absolute atomic E-state index is 3.74. The summed E-state index contributed by atoms with van der Waals surface area (Å²) in [6, 6.07) is 0. The zero-order valence-corrected chi connectivity index (χ0v) is 42.4. The maximum atomic E-state index is 3.74. The van der Waals surface area contributed by atoms with Crippen LogP contribution in [0.2, 0.25) is 0 Å². The van der Waals surface area contributed by atoms with Gasteiger partial charge in [0.25, 0.3) is 0 Å². The molecule has 0 saturated carbocycles. The highest BCUT2D eigenvalue weighted by atomic mass is 15.3. The van der Waals surface area contributed by atoms with E-state index in [1.54, 1.807) is 0 Å². The Balaban J connectivity index is 3.21. The van der Waals surface area contributed by atoms with Gasteiger partial charge in [0.2, 0.25) is 0 Å². The lowest BCUT2D eigenvalue weighted by atomic mass is 10.0. The number of hydrogen-bond acceptors (Lipinski definition) is 1. The van der Waals surface area contributed by atoms with E-state index >= 15 is 0 Å². The molecule has 0 aliphatic heterocycles. The molecule has 0 atom stereocenters. The van der Waals surface area contributed by atoms with E-state index in [0.717, 1.165) is 0 Å². The maximum Gasteiger partial charge on any atom is 0.0794 e. The van der Waals surface area contributed by atoms with Crippen LogP contribution in [0.1, 0.15) is 328 Å². The Kier molecular flexibility index (Phi) is 52.2. The summed E-state index contributed by atoms with van der Waals surface area (Å²) in [5.41, 5.74) is 0. The van der Waals surface area contributed by atoms with Gasteiger partial charge in [-0.05, 0) is 25.8 Å². The summed E-state index contributed by atoms with van der Waals surface area (Å²) in [5.74, 6) is 0. The van der Waals surface area contributed by atoms with E-state index in [0.29, 0.717) is 0 Å². The third-order valence-corrected chi connectivity index (χ3v) is 13.9. The van der Waals surface area contributed by atoms with E-state index < -0.39 is 0 Å². The Hall–Kier alpha value is -0.0800. The second-order valence-corrected chi connectivity index (χ2v) is 20.7. The van der Waals surface area contributed by atoms with Crippen LogP contribution in [0.3, 0.4) is 0 Å². The van der Waals surface area contributed by atoms with Crippen LogP contribution in [-0.2, 0) is 0 Å². The second-order valence-electron chi connectivity index (χ2n) is 20.7. The fraction of sp³-hybridized carbons (Fsp3) is 1.00. The third kappa shape index (κ3) is 54.0. The third-order valence-electron chi connectivity index (χ3n) is 13.9. The van der Waals surface area contributed by atoms with Crippen molar-refractivity contribution in [1.29, 1.82) is 0 Å². The van der Waals surface area contributed by atoms with Gasteiger partial charge in [0, 0.05) is 13.0 Å². The van der Waals surface area contributed by atoms with Gasteiger partial charge in [-0.2, -0.15) is 0 Å². The van der Waals surface area contributed by atoms with Crippen LogP contribution in [0.4, 0.5) is 0 Å². The minimum absolute atomic E-state index is 1.21. The molecule has 2 heteroatoms. The highest BCUT2D eigenvalue weighted by molar-refractivity contribution is 4.55. The van der Waals surface area contributed by atoms with Crippen LogP contribution in [0.15, 0.2) is 0 Å². The molecule has 0 aromatic carbocycles. The Morgan fingerprint density at radius 2 is 0.373 bits per heavy atom. The molecule has 0 saturated heterocycles. The van der Waals surface area contributed by atoms with E-state index in [4.69, 9.17) is 0 Å². The van der Waals surface area contributed by atoms with E-state index in [-0.39, 0.29) is 0 Å². The monoisotopic (exact) mass is 832 g/mol. The van der Waals surface area contributed by atoms with Crippen molar-refractivity contribution in [1.82, 2.24) is 5.32 Å². The fourth-order valence-corrected chi connectivity index (χ4v) is 9.58. The highest BCUT2D eigenvalue weighted by Gasteiger charge is 2.13. The van der Waals surface area contributed by atoms with Gasteiger partial charge in [-0.3, -0.25) is 0 Å². The number of nitrogens with zero attached hydrogens (tertiary/aromatic N) is 1. The summed E-state index contributed by atoms with van der Waals surface area (Å²) >= 11 is 0. The zero-order chi connectivity index (χ0) is 42.7. The lowest BCUT2D eigenvalue weighted by Gasteiger charge is -2.30. The van der Waals surface area contributed by atoms with Gasteiger partial charge in [-0.15, -0.1) is 0 Å². The lowest BCUT2D eigenvalue weighted by molar-refractivity contribution is -0.890. The summed E-state index contributed by atoms with van der Waals surface area (Å²) in [4.78, 5) is 0. The molecule has 1 N–H and O–H groups in total. The van der Waals surface area contributed by atoms with Crippen molar-refractivity contribution in [3.8, 4) is 0 Å². The molecule has 0 aromatic rings. The van der Waals surface area contributed by atoms with Gasteiger partial charge in [0.15, 0.2) is 0 Å². The SMILES string of the molecule is CCCCCCCCCCCCCCCCCCCCCCCCCCCCCCCCCC[N+](C)(C)CCCNCCCCCCCCCCCCCCCCCC. The first-order valence-corrected chi connectivity index (χ1v) is 28.6. The van der Waals surface area contributed by atoms with Gasteiger partial charge >= 0.3 is 0 Å². The van der Waals surface area contributed by atoms with E-state index in [9.17, 15) is 0 Å². The Morgan fingerprint density at radius 3 is 0.610 bits per heavy atom. The van der Waals surface area contributed by atoms with Crippen molar-refractivity contribution in [2.24, 2.45) is 0 Å². The van der Waals surface area contributed by atoms with Crippen LogP contribution in [0.25, 0.3) is 0 Å². The van der Waals surface area contributed by atoms with Crippen molar-refractivity contribution < 1.29 is 4.48 Å². The minimum atomic E-state index is 1.21. The molecule has 0 aliphatic rings. The number of hydrogen-bond donors (Lipinski definition) is 1. The summed E-state index contributed by atoms with van der Waals surface area (Å²) < 4.78 is 1.21. The molecule has 0 amide bonds. The molecule has 0 aliphatic carbocycles. The summed E-state index contributed by atoms with van der Waals surface area (Å²) in [6.07, 6.45) is 71.9. The standard InChI is InChI=1S/C57H119N2/c1-5-7-9-11-13-15-17-19-21-23-24-25-26-27-28-29-30-31-32-33-34-35-36-37-38-40-42-44-46-48-50-52-56-59(3,4)57-53-55-58-54-51-49-47-45-43-41-39-22-20-18-16-14-12-10-8-6-2/h58H,5-57H2,1-4H3/q+1. The smallest absolute Gasteiger partial charge is 0.0794 e. The van der Waals surface area contributed by atoms with E-state index in [1.807, 2.05) is 0 Å². The first kappa shape index (κ1) is 58.9. The number of quaternary nitrogens is 1. The van der Waals surface area contributed by atoms with Crippen LogP contribution in [-0.4, -0.2) is 44.8 Å². The normalized spacial score (nSPS) is 12.0. The molecular weight excluding hydrogens is 713 g/mol. The second kappa shape index (κ2) is 52.3. The Labute approximate surface area is 377 Å². The van der Waals surface area contributed by atoms with E-state index in [2.05, 4.69) is 33.3 Å². The molecule has 2 nitrogen and oxygen atoms in total. The average molecular weight is 833 g/mol. The summed E-state index contributed by atoms with van der Waals surface area (Å²) in [5, 5.41) is 3.74. The minimum Gasteiger partial charge on any atom is -0.328 e. The van der Waals surface area contributed by atoms with Crippen molar-refractivity contribution >= 4 is 0 Å². The zero-order valence-electron chi connectivity index (χ0n) is 42.4. The van der Waals surface area contributed by atoms with Gasteiger partial charge in [-0.1, -0.05) is 303 Å². The number of nitrogens with one attached hydrogen (secondary N) is 1. The number of rotatable bonds is 54. The quantitative estimate of drug-likeness (QED) is 0.0476. The van der Waals surface area contributed by atoms with Crippen molar-refractivity contribution in [3.63, 3.8) is 0 Å². The van der Waals surface area contributed by atoms with Crippen LogP contribution in [0.5, 0.6) is 0 Å². The largest absolute Gasteiger partial charge is 0.328 e. The van der Waals surface area contributed by atoms with Crippen LogP contribution < -0.4 is 5.32 Å². The summed E-state index contributed by atoms with van der Waals surface area (Å²) in [6.45, 7) is 9.74. The van der Waals surface area contributed by atoms with Gasteiger partial charge in [-0.25, -0.2) is 0 Å². The molecule has 59 heavy (non-hydrogen) atoms. The summed E-state index contributed by atoms with van der Waals surface area (Å²) in [7, 11) is 4.91. The topological polar surface area (TPSA) is 12.0 Å². The molecule has 0 rings (SSSR count). The van der Waals surface area contributed by atoms with Crippen LogP contribution in [0, 0.1) is 0 Å². The van der Waals surface area contributed by atoms with E-state index in [1.165, 1.54) is 345 Å². The highest BCUT2D eigenvalue weighted by Crippen LogP contribution is 2.18. The van der Waals surface area contributed by atoms with Crippen molar-refractivity contribution in [3.05, 3.63) is 0 Å². The Morgan fingerprint density at radius 1 is 0.203 bits per heavy atom. The lowest BCUT2D eigenvalue weighted by Crippen LogP contribution is -2.42. The average Bonchev–Trinajstić information content (AvgIpc) is 3.23. The first-order valence-electron chi connectivity index (χ1n) is 28.6. The fourth-order valence-electron chi connectivity index (χ4n) is 9.58. The molecular formula is C57H119N2+. The van der Waals surface area contributed by atoms with Gasteiger partial charge in [0.1, 0.15) is 0 Å². The molecule has 0 unspecified atom stereocenters. The molecule has 0 fully saturated rings. The molecule has 356 valence electrons. The molecule has 0 radical (unpaired) electrons. The van der Waals surface area contributed by atoms with Crippen LogP contribution >= 0.6 is 0 Å². The predicted molar refractivity (Wildman–Crippen MR) is 272 cm³/mol.